The Labute approximate surface area is 158 Å². The van der Waals surface area contributed by atoms with E-state index in [9.17, 15) is 19.6 Å². The maximum Gasteiger partial charge on any atom is 0.475 e. The van der Waals surface area contributed by atoms with Crippen molar-refractivity contribution in [2.24, 2.45) is 5.73 Å². The Morgan fingerprint density at radius 1 is 1.31 bits per heavy atom. The molecule has 1 heterocycles. The van der Waals surface area contributed by atoms with Crippen LogP contribution in [0.2, 0.25) is 0 Å². The summed E-state index contributed by atoms with van der Waals surface area (Å²) in [6, 6.07) is 2.46. The number of carbonyl (C=O) groups is 2. The number of aromatic nitrogens is 1. The highest BCUT2D eigenvalue weighted by atomic mass is 32.2. The molecule has 0 saturated carbocycles. The fourth-order valence-corrected chi connectivity index (χ4v) is 2.81. The monoisotopic (exact) mass is 382 g/mol. The van der Waals surface area contributed by atoms with E-state index in [0.717, 1.165) is 6.42 Å². The third-order valence-electron chi connectivity index (χ3n) is 3.81. The molecule has 0 spiro atoms. The second kappa shape index (κ2) is 12.7. The van der Waals surface area contributed by atoms with Crippen molar-refractivity contribution in [2.45, 2.75) is 37.7 Å². The Kier molecular flexibility index (Phi) is 10.9. The van der Waals surface area contributed by atoms with Gasteiger partial charge in [-0.2, -0.15) is 11.8 Å². The van der Waals surface area contributed by atoms with Crippen molar-refractivity contribution in [3.8, 4) is 0 Å². The van der Waals surface area contributed by atoms with Crippen LogP contribution in [0.4, 0.5) is 0 Å². The standard InChI is InChI=1S/C16H27BN4O4S/c1-26-10-7-14(17(24)25)21-16(23)13(6-2-3-8-18)20-15(22)12-5-4-9-19-11-12/h4-5,9,11,13-14,24-25H,2-3,6-8,10,18H2,1H3,(H,20,22)(H,21,23)/t13-,14-/m0/s1. The molecular weight excluding hydrogens is 355 g/mol. The fraction of sp³-hybridized carbons (Fsp3) is 0.562. The molecule has 144 valence electrons. The summed E-state index contributed by atoms with van der Waals surface area (Å²) in [6.45, 7) is 0.497. The summed E-state index contributed by atoms with van der Waals surface area (Å²) in [7, 11) is -1.66. The van der Waals surface area contributed by atoms with Gasteiger partial charge in [0, 0.05) is 12.4 Å². The molecule has 1 rings (SSSR count). The van der Waals surface area contributed by atoms with Crippen LogP contribution >= 0.6 is 11.8 Å². The zero-order chi connectivity index (χ0) is 19.4. The van der Waals surface area contributed by atoms with Gasteiger partial charge in [0.05, 0.1) is 11.5 Å². The number of thioether (sulfide) groups is 1. The van der Waals surface area contributed by atoms with Crippen LogP contribution in [-0.2, 0) is 4.79 Å². The van der Waals surface area contributed by atoms with E-state index < -0.39 is 30.9 Å². The summed E-state index contributed by atoms with van der Waals surface area (Å²) in [5.74, 6) is -0.973. The van der Waals surface area contributed by atoms with Gasteiger partial charge in [-0.3, -0.25) is 14.6 Å². The van der Waals surface area contributed by atoms with Crippen LogP contribution in [0.1, 0.15) is 36.0 Å². The van der Waals surface area contributed by atoms with Gasteiger partial charge >= 0.3 is 7.12 Å². The predicted molar refractivity (Wildman–Crippen MR) is 104 cm³/mol. The van der Waals surface area contributed by atoms with Crippen molar-refractivity contribution in [2.75, 3.05) is 18.6 Å². The lowest BCUT2D eigenvalue weighted by Gasteiger charge is -2.23. The Hall–Kier alpha value is -1.62. The van der Waals surface area contributed by atoms with Crippen molar-refractivity contribution in [1.82, 2.24) is 15.6 Å². The highest BCUT2D eigenvalue weighted by Crippen LogP contribution is 2.07. The summed E-state index contributed by atoms with van der Waals surface area (Å²) in [4.78, 5) is 28.8. The average Bonchev–Trinajstić information content (AvgIpc) is 2.64. The number of hydrogen-bond acceptors (Lipinski definition) is 7. The van der Waals surface area contributed by atoms with Crippen molar-refractivity contribution in [3.63, 3.8) is 0 Å². The van der Waals surface area contributed by atoms with E-state index in [1.54, 1.807) is 30.1 Å². The minimum atomic E-state index is -1.66. The molecule has 0 unspecified atom stereocenters. The van der Waals surface area contributed by atoms with Crippen molar-refractivity contribution in [3.05, 3.63) is 30.1 Å². The third-order valence-corrected chi connectivity index (χ3v) is 4.46. The van der Waals surface area contributed by atoms with Gasteiger partial charge in [-0.25, -0.2) is 0 Å². The molecule has 0 fully saturated rings. The number of hydrogen-bond donors (Lipinski definition) is 5. The molecule has 10 heteroatoms. The second-order valence-corrected chi connectivity index (χ2v) is 6.85. The highest BCUT2D eigenvalue weighted by Gasteiger charge is 2.29. The third kappa shape index (κ3) is 8.18. The van der Waals surface area contributed by atoms with E-state index in [2.05, 4.69) is 15.6 Å². The molecule has 1 aromatic rings. The maximum atomic E-state index is 12.6. The van der Waals surface area contributed by atoms with Crippen molar-refractivity contribution >= 4 is 30.7 Å². The molecule has 0 aliphatic rings. The van der Waals surface area contributed by atoms with Crippen molar-refractivity contribution < 1.29 is 19.6 Å². The van der Waals surface area contributed by atoms with E-state index in [-0.39, 0.29) is 0 Å². The van der Waals surface area contributed by atoms with Gasteiger partial charge in [0.25, 0.3) is 5.91 Å². The van der Waals surface area contributed by atoms with Gasteiger partial charge < -0.3 is 26.4 Å². The predicted octanol–water partition coefficient (Wildman–Crippen LogP) is -0.441. The first kappa shape index (κ1) is 22.4. The molecule has 2 amide bonds. The first-order valence-corrected chi connectivity index (χ1v) is 9.95. The Morgan fingerprint density at radius 2 is 2.08 bits per heavy atom. The molecule has 0 radical (unpaired) electrons. The first-order chi connectivity index (χ1) is 12.5. The number of nitrogens with one attached hydrogen (secondary N) is 2. The second-order valence-electron chi connectivity index (χ2n) is 5.86. The van der Waals surface area contributed by atoms with E-state index in [1.165, 1.54) is 6.20 Å². The minimum Gasteiger partial charge on any atom is -0.426 e. The summed E-state index contributed by atoms with van der Waals surface area (Å²) >= 11 is 1.54. The smallest absolute Gasteiger partial charge is 0.426 e. The van der Waals surface area contributed by atoms with Crippen LogP contribution in [0.5, 0.6) is 0 Å². The number of unbranched alkanes of at least 4 members (excludes halogenated alkanes) is 1. The molecule has 0 aromatic carbocycles. The molecule has 6 N–H and O–H groups in total. The lowest BCUT2D eigenvalue weighted by molar-refractivity contribution is -0.123. The van der Waals surface area contributed by atoms with E-state index in [4.69, 9.17) is 5.73 Å². The molecule has 8 nitrogen and oxygen atoms in total. The van der Waals surface area contributed by atoms with Gasteiger partial charge in [-0.1, -0.05) is 0 Å². The number of pyridine rings is 1. The number of nitrogens with zero attached hydrogens (tertiary/aromatic N) is 1. The zero-order valence-electron chi connectivity index (χ0n) is 14.9. The topological polar surface area (TPSA) is 138 Å². The maximum absolute atomic E-state index is 12.6. The van der Waals surface area contributed by atoms with Crippen LogP contribution < -0.4 is 16.4 Å². The average molecular weight is 382 g/mol. The molecule has 0 aliphatic heterocycles. The normalized spacial score (nSPS) is 12.9. The van der Waals surface area contributed by atoms with Crippen LogP contribution in [0.25, 0.3) is 0 Å². The minimum absolute atomic E-state index is 0.352. The molecule has 1 aromatic heterocycles. The summed E-state index contributed by atoms with van der Waals surface area (Å²) in [5, 5.41) is 24.2. The quantitative estimate of drug-likeness (QED) is 0.244. The van der Waals surface area contributed by atoms with Gasteiger partial charge in [0.1, 0.15) is 6.04 Å². The summed E-state index contributed by atoms with van der Waals surface area (Å²) < 4.78 is 0. The lowest BCUT2D eigenvalue weighted by Crippen LogP contribution is -2.54. The van der Waals surface area contributed by atoms with Gasteiger partial charge in [-0.15, -0.1) is 0 Å². The summed E-state index contributed by atoms with van der Waals surface area (Å²) in [5.41, 5.74) is 5.85. The molecule has 0 saturated heterocycles. The van der Waals surface area contributed by atoms with Crippen molar-refractivity contribution in [1.29, 1.82) is 0 Å². The molecule has 26 heavy (non-hydrogen) atoms. The Morgan fingerprint density at radius 3 is 2.65 bits per heavy atom. The zero-order valence-corrected chi connectivity index (χ0v) is 15.7. The molecular formula is C16H27BN4O4S. The van der Waals surface area contributed by atoms with Crippen LogP contribution in [0.3, 0.4) is 0 Å². The molecule has 2 atom stereocenters. The van der Waals surface area contributed by atoms with E-state index in [0.29, 0.717) is 37.1 Å². The van der Waals surface area contributed by atoms with Gasteiger partial charge in [-0.05, 0) is 56.4 Å². The number of nitrogens with two attached hydrogens (primary N) is 1. The largest absolute Gasteiger partial charge is 0.475 e. The molecule has 0 bridgehead atoms. The fourth-order valence-electron chi connectivity index (χ4n) is 2.32. The van der Waals surface area contributed by atoms with Crippen LogP contribution in [0, 0.1) is 0 Å². The van der Waals surface area contributed by atoms with Gasteiger partial charge in [0.2, 0.25) is 5.91 Å². The lowest BCUT2D eigenvalue weighted by atomic mass is 9.77. The van der Waals surface area contributed by atoms with Gasteiger partial charge in [0.15, 0.2) is 0 Å². The number of carbonyl (C=O) groups excluding carboxylic acids is 2. The highest BCUT2D eigenvalue weighted by molar-refractivity contribution is 7.98. The summed E-state index contributed by atoms with van der Waals surface area (Å²) in [6.07, 6.45) is 7.09. The van der Waals surface area contributed by atoms with E-state index >= 15 is 0 Å². The first-order valence-electron chi connectivity index (χ1n) is 8.56. The Balaban J connectivity index is 2.76. The van der Waals surface area contributed by atoms with E-state index in [1.807, 2.05) is 6.26 Å². The number of amides is 2. The number of rotatable bonds is 12. The molecule has 0 aliphatic carbocycles. The van der Waals surface area contributed by atoms with Crippen LogP contribution in [-0.4, -0.2) is 64.5 Å². The Bertz CT molecular complexity index is 550. The SMILES string of the molecule is CSCC[C@H](NC(=O)[C@H](CCCCN)NC(=O)c1cccnc1)B(O)O. The van der Waals surface area contributed by atoms with Crippen LogP contribution in [0.15, 0.2) is 24.5 Å².